The number of nitrogens with zero attached hydrogens (tertiary/aromatic N) is 2. The highest BCUT2D eigenvalue weighted by Gasteiger charge is 2.45. The quantitative estimate of drug-likeness (QED) is 0.432. The van der Waals surface area contributed by atoms with E-state index in [1.807, 2.05) is 63.2 Å². The zero-order valence-electron chi connectivity index (χ0n) is 17.8. The van der Waals surface area contributed by atoms with Gasteiger partial charge < -0.3 is 19.6 Å². The first-order valence-corrected chi connectivity index (χ1v) is 10.0. The van der Waals surface area contributed by atoms with Gasteiger partial charge in [0.1, 0.15) is 11.5 Å². The molecule has 0 aromatic heterocycles. The molecule has 0 saturated carbocycles. The molecule has 1 heterocycles. The number of hydrogen-bond acceptors (Lipinski definition) is 5. The fourth-order valence-corrected chi connectivity index (χ4v) is 3.52. The Kier molecular flexibility index (Phi) is 6.57. The van der Waals surface area contributed by atoms with E-state index in [2.05, 4.69) is 0 Å². The summed E-state index contributed by atoms with van der Waals surface area (Å²) in [7, 11) is 3.82. The van der Waals surface area contributed by atoms with Gasteiger partial charge >= 0.3 is 0 Å². The third-order valence-electron chi connectivity index (χ3n) is 4.94. The Hall–Kier alpha value is -3.12. The molecule has 0 aliphatic carbocycles. The second kappa shape index (κ2) is 9.13. The van der Waals surface area contributed by atoms with Crippen LogP contribution in [0.15, 0.2) is 60.2 Å². The zero-order chi connectivity index (χ0) is 21.8. The maximum atomic E-state index is 12.9. The Labute approximate surface area is 177 Å². The lowest BCUT2D eigenvalue weighted by molar-refractivity contribution is -0.140. The topological polar surface area (TPSA) is 70.1 Å². The highest BCUT2D eigenvalue weighted by molar-refractivity contribution is 6.46. The van der Waals surface area contributed by atoms with Crippen molar-refractivity contribution in [1.82, 2.24) is 9.80 Å². The number of ether oxygens (including phenoxy) is 1. The number of benzene rings is 2. The molecule has 30 heavy (non-hydrogen) atoms. The lowest BCUT2D eigenvalue weighted by atomic mass is 9.95. The van der Waals surface area contributed by atoms with Crippen molar-refractivity contribution in [2.75, 3.05) is 27.2 Å². The summed E-state index contributed by atoms with van der Waals surface area (Å²) in [6.45, 7) is 4.87. The summed E-state index contributed by atoms with van der Waals surface area (Å²) in [6.07, 6.45) is 0.0413. The molecule has 6 heteroatoms. The zero-order valence-corrected chi connectivity index (χ0v) is 17.8. The number of carbonyl (C=O) groups excluding carboxylic acids is 2. The maximum absolute atomic E-state index is 12.9. The molecule has 3 rings (SSSR count). The van der Waals surface area contributed by atoms with E-state index in [9.17, 15) is 14.7 Å². The standard InChI is InChI=1S/C24H28N2O4/c1-16(2)30-19-12-10-17(11-13-19)21-20(22(27)18-8-6-5-7-9-18)23(28)24(29)26(21)15-14-25(3)4/h5-13,16,21,27H,14-15H2,1-4H3/t21-/m1/s1. The third-order valence-corrected chi connectivity index (χ3v) is 4.94. The number of likely N-dealkylation sites (tertiary alicyclic amines) is 1. The first kappa shape index (κ1) is 21.6. The number of rotatable bonds is 7. The van der Waals surface area contributed by atoms with Crippen molar-refractivity contribution < 1.29 is 19.4 Å². The van der Waals surface area contributed by atoms with Crippen LogP contribution in [-0.2, 0) is 9.59 Å². The van der Waals surface area contributed by atoms with Gasteiger partial charge in [-0.3, -0.25) is 9.59 Å². The van der Waals surface area contributed by atoms with Crippen molar-refractivity contribution >= 4 is 17.4 Å². The first-order chi connectivity index (χ1) is 14.3. The van der Waals surface area contributed by atoms with Crippen molar-refractivity contribution in [2.45, 2.75) is 26.0 Å². The van der Waals surface area contributed by atoms with Crippen molar-refractivity contribution in [3.8, 4) is 5.75 Å². The molecule has 6 nitrogen and oxygen atoms in total. The Balaban J connectivity index is 2.07. The van der Waals surface area contributed by atoms with Gasteiger partial charge in [0, 0.05) is 18.7 Å². The molecule has 2 aromatic carbocycles. The average Bonchev–Trinajstić information content (AvgIpc) is 2.97. The van der Waals surface area contributed by atoms with Crippen molar-refractivity contribution in [3.05, 3.63) is 71.3 Å². The molecule has 0 unspecified atom stereocenters. The number of carbonyl (C=O) groups is 2. The summed E-state index contributed by atoms with van der Waals surface area (Å²) in [5.41, 5.74) is 1.37. The number of amides is 1. The van der Waals surface area contributed by atoms with Gasteiger partial charge in [0.2, 0.25) is 0 Å². The SMILES string of the molecule is CC(C)Oc1ccc([C@@H]2C(=C(O)c3ccccc3)C(=O)C(=O)N2CCN(C)C)cc1. The predicted octanol–water partition coefficient (Wildman–Crippen LogP) is 3.46. The van der Waals surface area contributed by atoms with E-state index in [0.717, 1.165) is 5.56 Å². The van der Waals surface area contributed by atoms with Gasteiger partial charge in [0.05, 0.1) is 17.7 Å². The normalized spacial score (nSPS) is 18.5. The molecule has 158 valence electrons. The van der Waals surface area contributed by atoms with Crippen molar-refractivity contribution in [3.63, 3.8) is 0 Å². The second-order valence-corrected chi connectivity index (χ2v) is 7.90. The number of aliphatic hydroxyl groups excluding tert-OH is 1. The van der Waals surface area contributed by atoms with Crippen LogP contribution in [-0.4, -0.2) is 59.9 Å². The molecule has 0 bridgehead atoms. The monoisotopic (exact) mass is 408 g/mol. The van der Waals surface area contributed by atoms with Crippen LogP contribution >= 0.6 is 0 Å². The minimum atomic E-state index is -0.664. The summed E-state index contributed by atoms with van der Waals surface area (Å²) in [4.78, 5) is 29.3. The van der Waals surface area contributed by atoms with Gasteiger partial charge in [-0.1, -0.05) is 42.5 Å². The van der Waals surface area contributed by atoms with Crippen molar-refractivity contribution in [1.29, 1.82) is 0 Å². The lowest BCUT2D eigenvalue weighted by Gasteiger charge is -2.26. The van der Waals surface area contributed by atoms with Gasteiger partial charge in [0.25, 0.3) is 11.7 Å². The average molecular weight is 408 g/mol. The summed E-state index contributed by atoms with van der Waals surface area (Å²) in [6, 6.07) is 15.5. The van der Waals surface area contributed by atoms with Crippen LogP contribution in [0.4, 0.5) is 0 Å². The number of aliphatic hydroxyl groups is 1. The van der Waals surface area contributed by atoms with Crippen LogP contribution < -0.4 is 4.74 Å². The second-order valence-electron chi connectivity index (χ2n) is 7.90. The Bertz CT molecular complexity index is 933. The molecule has 1 aliphatic heterocycles. The van der Waals surface area contributed by atoms with E-state index in [-0.39, 0.29) is 17.4 Å². The molecule has 1 saturated heterocycles. The third kappa shape index (κ3) is 4.54. The van der Waals surface area contributed by atoms with Crippen LogP contribution in [0.5, 0.6) is 5.75 Å². The smallest absolute Gasteiger partial charge is 0.295 e. The predicted molar refractivity (Wildman–Crippen MR) is 116 cm³/mol. The van der Waals surface area contributed by atoms with E-state index in [4.69, 9.17) is 4.74 Å². The number of ketones is 1. The molecule has 2 aromatic rings. The fraction of sp³-hybridized carbons (Fsp3) is 0.333. The maximum Gasteiger partial charge on any atom is 0.295 e. The van der Waals surface area contributed by atoms with Gasteiger partial charge in [0.15, 0.2) is 0 Å². The van der Waals surface area contributed by atoms with Gasteiger partial charge in [-0.2, -0.15) is 0 Å². The van der Waals surface area contributed by atoms with Gasteiger partial charge in [-0.25, -0.2) is 0 Å². The fourth-order valence-electron chi connectivity index (χ4n) is 3.52. The van der Waals surface area contributed by atoms with Crippen LogP contribution in [0.2, 0.25) is 0 Å². The molecular weight excluding hydrogens is 380 g/mol. The molecule has 1 amide bonds. The van der Waals surface area contributed by atoms with E-state index >= 15 is 0 Å². The van der Waals surface area contributed by atoms with E-state index in [0.29, 0.717) is 24.4 Å². The highest BCUT2D eigenvalue weighted by atomic mass is 16.5. The van der Waals surface area contributed by atoms with E-state index in [1.54, 1.807) is 24.3 Å². The molecule has 1 atom stereocenters. The lowest BCUT2D eigenvalue weighted by Crippen LogP contribution is -2.35. The number of hydrogen-bond donors (Lipinski definition) is 1. The molecule has 1 N–H and O–H groups in total. The molecule has 1 aliphatic rings. The first-order valence-electron chi connectivity index (χ1n) is 10.0. The van der Waals surface area contributed by atoms with E-state index in [1.165, 1.54) is 4.90 Å². The summed E-state index contributed by atoms with van der Waals surface area (Å²) in [5.74, 6) is -0.708. The molecule has 1 fully saturated rings. The van der Waals surface area contributed by atoms with E-state index < -0.39 is 17.7 Å². The van der Waals surface area contributed by atoms with Crippen LogP contribution in [0.1, 0.15) is 31.0 Å². The summed E-state index contributed by atoms with van der Waals surface area (Å²) >= 11 is 0. The number of Topliss-reactive ketones (excluding diaryl/α,β-unsaturated/α-hetero) is 1. The Morgan fingerprint density at radius 2 is 1.70 bits per heavy atom. The van der Waals surface area contributed by atoms with Crippen molar-refractivity contribution in [2.24, 2.45) is 0 Å². The van der Waals surface area contributed by atoms with Gasteiger partial charge in [-0.05, 0) is 45.6 Å². The largest absolute Gasteiger partial charge is 0.507 e. The minimum Gasteiger partial charge on any atom is -0.507 e. The summed E-state index contributed by atoms with van der Waals surface area (Å²) < 4.78 is 5.71. The van der Waals surface area contributed by atoms with Crippen LogP contribution in [0, 0.1) is 0 Å². The Morgan fingerprint density at radius 1 is 1.07 bits per heavy atom. The van der Waals surface area contributed by atoms with Gasteiger partial charge in [-0.15, -0.1) is 0 Å². The molecule has 0 spiro atoms. The molecular formula is C24H28N2O4. The number of likely N-dealkylation sites (N-methyl/N-ethyl adjacent to an activating group) is 1. The minimum absolute atomic E-state index is 0.0413. The Morgan fingerprint density at radius 3 is 2.27 bits per heavy atom. The van der Waals surface area contributed by atoms with Crippen LogP contribution in [0.3, 0.4) is 0 Å². The van der Waals surface area contributed by atoms with Crippen LogP contribution in [0.25, 0.3) is 5.76 Å². The molecule has 0 radical (unpaired) electrons. The summed E-state index contributed by atoms with van der Waals surface area (Å²) in [5, 5.41) is 11.0. The highest BCUT2D eigenvalue weighted by Crippen LogP contribution is 2.39.